The van der Waals surface area contributed by atoms with Gasteiger partial charge in [-0.3, -0.25) is 4.40 Å². The second kappa shape index (κ2) is 5.95. The molecule has 0 bridgehead atoms. The van der Waals surface area contributed by atoms with Gasteiger partial charge in [0, 0.05) is 11.8 Å². The van der Waals surface area contributed by atoms with E-state index in [4.69, 9.17) is 4.74 Å². The minimum Gasteiger partial charge on any atom is -0.494 e. The van der Waals surface area contributed by atoms with Crippen molar-refractivity contribution in [1.82, 2.24) is 9.38 Å². The van der Waals surface area contributed by atoms with E-state index in [9.17, 15) is 10.0 Å². The summed E-state index contributed by atoms with van der Waals surface area (Å²) >= 11 is 0. The highest BCUT2D eigenvalue weighted by atomic mass is 16.5. The average molecular weight is 297 g/mol. The van der Waals surface area contributed by atoms with Gasteiger partial charge in [-0.15, -0.1) is 4.91 Å². The molecule has 0 aliphatic heterocycles. The highest BCUT2D eigenvalue weighted by Gasteiger charge is 2.15. The molecule has 6 nitrogen and oxygen atoms in total. The summed E-state index contributed by atoms with van der Waals surface area (Å²) < 4.78 is 6.99. The fraction of sp³-hybridized carbons (Fsp3) is 0.188. The Balaban J connectivity index is 2.11. The molecule has 1 N–H and O–H groups in total. The summed E-state index contributed by atoms with van der Waals surface area (Å²) in [5, 5.41) is 12.3. The summed E-state index contributed by atoms with van der Waals surface area (Å²) in [6.45, 7) is 2.41. The monoisotopic (exact) mass is 297 g/mol. The van der Waals surface area contributed by atoms with E-state index in [1.54, 1.807) is 22.7 Å². The van der Waals surface area contributed by atoms with Crippen LogP contribution in [-0.4, -0.2) is 21.1 Å². The lowest BCUT2D eigenvalue weighted by molar-refractivity contribution is 0.281. The number of ether oxygens (including phenoxy) is 1. The maximum Gasteiger partial charge on any atom is 0.209 e. The van der Waals surface area contributed by atoms with Gasteiger partial charge in [-0.05, 0) is 48.0 Å². The van der Waals surface area contributed by atoms with E-state index < -0.39 is 0 Å². The number of imidazole rings is 1. The zero-order valence-corrected chi connectivity index (χ0v) is 12.1. The van der Waals surface area contributed by atoms with Crippen molar-refractivity contribution in [2.24, 2.45) is 5.18 Å². The van der Waals surface area contributed by atoms with Crippen LogP contribution in [0.1, 0.15) is 12.5 Å². The first-order valence-corrected chi connectivity index (χ1v) is 6.95. The number of nitrogens with zero attached hydrogens (tertiary/aromatic N) is 3. The van der Waals surface area contributed by atoms with Crippen LogP contribution in [0.5, 0.6) is 5.75 Å². The molecule has 3 rings (SSSR count). The largest absolute Gasteiger partial charge is 0.494 e. The van der Waals surface area contributed by atoms with Gasteiger partial charge < -0.3 is 9.84 Å². The zero-order valence-electron chi connectivity index (χ0n) is 12.1. The van der Waals surface area contributed by atoms with Crippen LogP contribution < -0.4 is 4.74 Å². The highest BCUT2D eigenvalue weighted by Crippen LogP contribution is 2.32. The molecule has 2 aromatic heterocycles. The molecular weight excluding hydrogens is 282 g/mol. The number of aliphatic hydroxyl groups is 1. The Kier molecular flexibility index (Phi) is 3.84. The van der Waals surface area contributed by atoms with Crippen LogP contribution in [0.15, 0.2) is 47.8 Å². The van der Waals surface area contributed by atoms with E-state index >= 15 is 0 Å². The molecular formula is C16H15N3O3. The second-order valence-electron chi connectivity index (χ2n) is 4.76. The number of nitroso groups, excluding NO2 is 1. The first-order chi connectivity index (χ1) is 10.8. The number of aliphatic hydroxyl groups excluding tert-OH is 1. The van der Waals surface area contributed by atoms with Crippen LogP contribution in [-0.2, 0) is 6.61 Å². The van der Waals surface area contributed by atoms with E-state index in [0.717, 1.165) is 11.3 Å². The Hall–Kier alpha value is -2.73. The molecule has 0 saturated heterocycles. The fourth-order valence-electron chi connectivity index (χ4n) is 2.33. The lowest BCUT2D eigenvalue weighted by Gasteiger charge is -2.03. The number of rotatable bonds is 5. The van der Waals surface area contributed by atoms with Crippen molar-refractivity contribution in [3.63, 3.8) is 0 Å². The van der Waals surface area contributed by atoms with E-state index in [1.807, 2.05) is 31.2 Å². The Bertz CT molecular complexity index is 809. The number of fused-ring (bicyclic) bond motifs is 1. The third-order valence-electron chi connectivity index (χ3n) is 3.36. The molecule has 22 heavy (non-hydrogen) atoms. The van der Waals surface area contributed by atoms with Gasteiger partial charge in [0.2, 0.25) is 5.82 Å². The van der Waals surface area contributed by atoms with Crippen LogP contribution in [0.25, 0.3) is 16.9 Å². The third-order valence-corrected chi connectivity index (χ3v) is 3.36. The Morgan fingerprint density at radius 3 is 2.64 bits per heavy atom. The van der Waals surface area contributed by atoms with Gasteiger partial charge in [-0.25, -0.2) is 4.98 Å². The lowest BCUT2D eigenvalue weighted by Crippen LogP contribution is -1.90. The number of benzene rings is 1. The van der Waals surface area contributed by atoms with E-state index in [0.29, 0.717) is 23.5 Å². The van der Waals surface area contributed by atoms with Crippen molar-refractivity contribution in [2.75, 3.05) is 6.61 Å². The van der Waals surface area contributed by atoms with E-state index in [1.165, 1.54) is 0 Å². The molecule has 112 valence electrons. The van der Waals surface area contributed by atoms with Crippen molar-refractivity contribution in [3.8, 4) is 17.0 Å². The maximum absolute atomic E-state index is 11.2. The van der Waals surface area contributed by atoms with Crippen molar-refractivity contribution in [2.45, 2.75) is 13.5 Å². The molecule has 0 spiro atoms. The van der Waals surface area contributed by atoms with Crippen molar-refractivity contribution in [3.05, 3.63) is 53.1 Å². The van der Waals surface area contributed by atoms with Gasteiger partial charge in [0.15, 0.2) is 0 Å². The standard InChI is InChI=1S/C16H15N3O3/c1-2-22-13-6-4-12(5-7-13)15-16(18-21)19-9-11(10-20)3-8-14(19)17-15/h3-9,20H,2,10H2,1H3. The molecule has 6 heteroatoms. The molecule has 0 fully saturated rings. The predicted molar refractivity (Wildman–Crippen MR) is 83.2 cm³/mol. The topological polar surface area (TPSA) is 76.2 Å². The molecule has 0 aliphatic rings. The first-order valence-electron chi connectivity index (χ1n) is 6.95. The van der Waals surface area contributed by atoms with Gasteiger partial charge in [0.05, 0.1) is 13.2 Å². The van der Waals surface area contributed by atoms with Crippen LogP contribution >= 0.6 is 0 Å². The predicted octanol–water partition coefficient (Wildman–Crippen LogP) is 3.29. The molecule has 0 atom stereocenters. The van der Waals surface area contributed by atoms with Crippen LogP contribution in [0.3, 0.4) is 0 Å². The van der Waals surface area contributed by atoms with Crippen LogP contribution in [0.2, 0.25) is 0 Å². The van der Waals surface area contributed by atoms with Gasteiger partial charge in [0.25, 0.3) is 0 Å². The molecule has 1 aromatic carbocycles. The summed E-state index contributed by atoms with van der Waals surface area (Å²) in [6, 6.07) is 10.9. The molecule has 0 amide bonds. The van der Waals surface area contributed by atoms with Gasteiger partial charge in [0.1, 0.15) is 17.1 Å². The number of hydrogen-bond acceptors (Lipinski definition) is 5. The summed E-state index contributed by atoms with van der Waals surface area (Å²) in [5.74, 6) is 0.979. The van der Waals surface area contributed by atoms with Crippen molar-refractivity contribution >= 4 is 11.5 Å². The Morgan fingerprint density at radius 2 is 2.00 bits per heavy atom. The van der Waals surface area contributed by atoms with Crippen LogP contribution in [0, 0.1) is 4.91 Å². The normalized spacial score (nSPS) is 10.8. The summed E-state index contributed by atoms with van der Waals surface area (Å²) in [5.41, 5.74) is 2.59. The summed E-state index contributed by atoms with van der Waals surface area (Å²) in [6.07, 6.45) is 1.66. The van der Waals surface area contributed by atoms with E-state index in [-0.39, 0.29) is 12.4 Å². The van der Waals surface area contributed by atoms with Crippen LogP contribution in [0.4, 0.5) is 5.82 Å². The molecule has 3 aromatic rings. The number of pyridine rings is 1. The van der Waals surface area contributed by atoms with E-state index in [2.05, 4.69) is 10.2 Å². The smallest absolute Gasteiger partial charge is 0.209 e. The first kappa shape index (κ1) is 14.2. The quantitative estimate of drug-likeness (QED) is 0.733. The SMILES string of the molecule is CCOc1ccc(-c2nc3ccc(CO)cn3c2N=O)cc1. The molecule has 0 saturated carbocycles. The Labute approximate surface area is 127 Å². The molecule has 2 heterocycles. The van der Waals surface area contributed by atoms with Gasteiger partial charge in [-0.2, -0.15) is 0 Å². The zero-order chi connectivity index (χ0) is 15.5. The molecule has 0 unspecified atom stereocenters. The third kappa shape index (κ3) is 2.44. The summed E-state index contributed by atoms with van der Waals surface area (Å²) in [7, 11) is 0. The van der Waals surface area contributed by atoms with Gasteiger partial charge >= 0.3 is 0 Å². The summed E-state index contributed by atoms with van der Waals surface area (Å²) in [4.78, 5) is 15.7. The maximum atomic E-state index is 11.2. The average Bonchev–Trinajstić information content (AvgIpc) is 2.93. The van der Waals surface area contributed by atoms with Gasteiger partial charge in [-0.1, -0.05) is 6.07 Å². The Morgan fingerprint density at radius 1 is 1.23 bits per heavy atom. The minimum atomic E-state index is -0.106. The number of hydrogen-bond donors (Lipinski definition) is 1. The van der Waals surface area contributed by atoms with Crippen molar-refractivity contribution in [1.29, 1.82) is 0 Å². The molecule has 0 radical (unpaired) electrons. The highest BCUT2D eigenvalue weighted by molar-refractivity contribution is 5.74. The lowest BCUT2D eigenvalue weighted by atomic mass is 10.1. The number of aromatic nitrogens is 2. The minimum absolute atomic E-state index is 0.106. The fourth-order valence-corrected chi connectivity index (χ4v) is 2.33. The molecule has 0 aliphatic carbocycles. The second-order valence-corrected chi connectivity index (χ2v) is 4.76. The van der Waals surface area contributed by atoms with Crippen molar-refractivity contribution < 1.29 is 9.84 Å².